The number of nitrogens with one attached hydrogen (secondary N) is 1. The van der Waals surface area contributed by atoms with Gasteiger partial charge in [0.1, 0.15) is 11.6 Å². The highest BCUT2D eigenvalue weighted by Crippen LogP contribution is 2.36. The number of nitrogens with zero attached hydrogens (tertiary/aromatic N) is 3. The Balaban J connectivity index is 0.00000145. The lowest BCUT2D eigenvalue weighted by Gasteiger charge is -2.31. The van der Waals surface area contributed by atoms with Crippen LogP contribution >= 0.6 is 0 Å². The molecular weight excluding hydrogens is 385 g/mol. The predicted molar refractivity (Wildman–Crippen MR) is 107 cm³/mol. The molecule has 3 rings (SSSR count). The summed E-state index contributed by atoms with van der Waals surface area (Å²) in [5.74, 6) is -0.549. The van der Waals surface area contributed by atoms with Gasteiger partial charge >= 0.3 is 6.18 Å². The minimum Gasteiger partial charge on any atom is -0.497 e. The van der Waals surface area contributed by atoms with E-state index in [2.05, 4.69) is 15.3 Å². The average Bonchev–Trinajstić information content (AvgIpc) is 2.73. The zero-order valence-electron chi connectivity index (χ0n) is 16.7. The van der Waals surface area contributed by atoms with Gasteiger partial charge in [0.25, 0.3) is 0 Å². The largest absolute Gasteiger partial charge is 0.497 e. The van der Waals surface area contributed by atoms with E-state index in [0.717, 1.165) is 4.90 Å². The van der Waals surface area contributed by atoms with Crippen LogP contribution < -0.4 is 15.0 Å². The zero-order valence-corrected chi connectivity index (χ0v) is 16.7. The normalized spacial score (nSPS) is 12.9. The summed E-state index contributed by atoms with van der Waals surface area (Å²) in [6.07, 6.45) is -3.09. The van der Waals surface area contributed by atoms with Crippen LogP contribution in [0.25, 0.3) is 0 Å². The molecule has 0 spiro atoms. The molecule has 2 aromatic rings. The van der Waals surface area contributed by atoms with Crippen molar-refractivity contribution in [1.82, 2.24) is 4.98 Å². The molecule has 1 amide bonds. The SMILES string of the molecule is CC.CCC(=O)Nc1ccc(N2Cc3ccc(OC)cc3N=C2C(F)(F)F)cn1. The van der Waals surface area contributed by atoms with Crippen molar-refractivity contribution in [3.63, 3.8) is 0 Å². The van der Waals surface area contributed by atoms with Crippen molar-refractivity contribution in [2.75, 3.05) is 17.3 Å². The maximum atomic E-state index is 13.6. The van der Waals surface area contributed by atoms with E-state index >= 15 is 0 Å². The molecule has 1 aromatic heterocycles. The van der Waals surface area contributed by atoms with E-state index in [-0.39, 0.29) is 36.1 Å². The summed E-state index contributed by atoms with van der Waals surface area (Å²) in [7, 11) is 1.44. The summed E-state index contributed by atoms with van der Waals surface area (Å²) in [5, 5.41) is 2.56. The lowest BCUT2D eigenvalue weighted by molar-refractivity contribution is -0.115. The number of amides is 1. The predicted octanol–water partition coefficient (Wildman–Crippen LogP) is 5.08. The monoisotopic (exact) mass is 408 g/mol. The van der Waals surface area contributed by atoms with Crippen LogP contribution in [0.2, 0.25) is 0 Å². The molecule has 2 heterocycles. The Morgan fingerprint density at radius 2 is 1.97 bits per heavy atom. The number of halogens is 3. The van der Waals surface area contributed by atoms with Crippen LogP contribution in [0.15, 0.2) is 41.5 Å². The molecule has 0 aliphatic carbocycles. The van der Waals surface area contributed by atoms with Gasteiger partial charge in [0.2, 0.25) is 11.7 Å². The van der Waals surface area contributed by atoms with Gasteiger partial charge in [0, 0.05) is 12.5 Å². The number of amidine groups is 1. The van der Waals surface area contributed by atoms with Crippen molar-refractivity contribution in [3.05, 3.63) is 42.1 Å². The highest BCUT2D eigenvalue weighted by atomic mass is 19.4. The molecule has 1 aromatic carbocycles. The van der Waals surface area contributed by atoms with Crippen LogP contribution in [-0.2, 0) is 11.3 Å². The second kappa shape index (κ2) is 9.40. The molecule has 156 valence electrons. The molecule has 1 aliphatic heterocycles. The third-order valence-corrected chi connectivity index (χ3v) is 4.00. The van der Waals surface area contributed by atoms with Crippen LogP contribution in [0.5, 0.6) is 5.75 Å². The van der Waals surface area contributed by atoms with Crippen molar-refractivity contribution in [2.45, 2.75) is 39.9 Å². The first-order valence-corrected chi connectivity index (χ1v) is 9.18. The molecule has 1 N–H and O–H groups in total. The van der Waals surface area contributed by atoms with Gasteiger partial charge in [-0.3, -0.25) is 4.79 Å². The van der Waals surface area contributed by atoms with Gasteiger partial charge in [-0.2, -0.15) is 13.2 Å². The number of rotatable bonds is 4. The van der Waals surface area contributed by atoms with E-state index < -0.39 is 12.0 Å². The first-order chi connectivity index (χ1) is 13.8. The summed E-state index contributed by atoms with van der Waals surface area (Å²) in [5.41, 5.74) is 1.08. The van der Waals surface area contributed by atoms with Crippen LogP contribution in [0, 0.1) is 0 Å². The fourth-order valence-corrected chi connectivity index (χ4v) is 2.61. The molecular formula is C20H23F3N4O2. The number of aromatic nitrogens is 1. The van der Waals surface area contributed by atoms with Gasteiger partial charge in [-0.15, -0.1) is 0 Å². The van der Waals surface area contributed by atoms with Gasteiger partial charge in [0.05, 0.1) is 31.2 Å². The van der Waals surface area contributed by atoms with Gasteiger partial charge in [-0.25, -0.2) is 9.98 Å². The van der Waals surface area contributed by atoms with E-state index in [1.807, 2.05) is 13.8 Å². The minimum absolute atomic E-state index is 0.0139. The number of anilines is 2. The van der Waals surface area contributed by atoms with E-state index in [9.17, 15) is 18.0 Å². The number of hydrogen-bond donors (Lipinski definition) is 1. The van der Waals surface area contributed by atoms with Crippen molar-refractivity contribution >= 4 is 28.9 Å². The number of aliphatic imine (C=N–C) groups is 1. The van der Waals surface area contributed by atoms with Gasteiger partial charge in [0.15, 0.2) is 0 Å². The van der Waals surface area contributed by atoms with Gasteiger partial charge < -0.3 is 15.0 Å². The van der Waals surface area contributed by atoms with E-state index in [0.29, 0.717) is 11.3 Å². The Bertz CT molecular complexity index is 880. The molecule has 0 saturated carbocycles. The minimum atomic E-state index is -4.64. The number of hydrogen-bond acceptors (Lipinski definition) is 5. The second-order valence-electron chi connectivity index (χ2n) is 5.82. The third kappa shape index (κ3) is 5.24. The van der Waals surface area contributed by atoms with Crippen LogP contribution in [0.1, 0.15) is 32.8 Å². The molecule has 0 radical (unpaired) electrons. The molecule has 29 heavy (non-hydrogen) atoms. The van der Waals surface area contributed by atoms with Crippen molar-refractivity contribution in [3.8, 4) is 5.75 Å². The highest BCUT2D eigenvalue weighted by Gasteiger charge is 2.42. The number of carbonyl (C=O) groups is 1. The van der Waals surface area contributed by atoms with Crippen molar-refractivity contribution in [2.24, 2.45) is 4.99 Å². The number of pyridine rings is 1. The number of benzene rings is 1. The van der Waals surface area contributed by atoms with Crippen LogP contribution in [-0.4, -0.2) is 30.0 Å². The van der Waals surface area contributed by atoms with E-state index in [4.69, 9.17) is 4.74 Å². The fourth-order valence-electron chi connectivity index (χ4n) is 2.61. The van der Waals surface area contributed by atoms with E-state index in [1.165, 1.54) is 31.5 Å². The Kier molecular flexibility index (Phi) is 7.19. The Morgan fingerprint density at radius 3 is 2.52 bits per heavy atom. The number of alkyl halides is 3. The summed E-state index contributed by atoms with van der Waals surface area (Å²) in [6.45, 7) is 5.68. The quantitative estimate of drug-likeness (QED) is 0.766. The molecule has 0 fully saturated rings. The lowest BCUT2D eigenvalue weighted by atomic mass is 10.1. The maximum Gasteiger partial charge on any atom is 0.449 e. The Labute approximate surface area is 167 Å². The highest BCUT2D eigenvalue weighted by molar-refractivity contribution is 6.04. The summed E-state index contributed by atoms with van der Waals surface area (Å²) < 4.78 is 45.8. The molecule has 0 unspecified atom stereocenters. The molecule has 0 bridgehead atoms. The molecule has 6 nitrogen and oxygen atoms in total. The smallest absolute Gasteiger partial charge is 0.449 e. The van der Waals surface area contributed by atoms with Crippen LogP contribution in [0.3, 0.4) is 0 Å². The molecule has 1 aliphatic rings. The van der Waals surface area contributed by atoms with Crippen LogP contribution in [0.4, 0.5) is 30.4 Å². The maximum absolute atomic E-state index is 13.6. The molecule has 0 saturated heterocycles. The number of fused-ring (bicyclic) bond motifs is 1. The van der Waals surface area contributed by atoms with Gasteiger partial charge in [-0.05, 0) is 23.8 Å². The molecule has 9 heteroatoms. The zero-order chi connectivity index (χ0) is 21.6. The Hall–Kier alpha value is -3.10. The van der Waals surface area contributed by atoms with Crippen molar-refractivity contribution < 1.29 is 22.7 Å². The molecule has 0 atom stereocenters. The average molecular weight is 408 g/mol. The standard InChI is InChI=1S/C18H17F3N4O2.C2H6/c1-3-16(26)24-15-7-5-12(9-22-15)25-10-11-4-6-13(27-2)8-14(11)23-17(25)18(19,20)21;1-2/h4-9H,3,10H2,1-2H3,(H,22,24,26);1-2H3. The summed E-state index contributed by atoms with van der Waals surface area (Å²) in [6, 6.07) is 7.75. The number of ether oxygens (including phenoxy) is 1. The number of methoxy groups -OCH3 is 1. The van der Waals surface area contributed by atoms with Crippen molar-refractivity contribution in [1.29, 1.82) is 0 Å². The van der Waals surface area contributed by atoms with E-state index in [1.54, 1.807) is 19.1 Å². The first-order valence-electron chi connectivity index (χ1n) is 9.18. The first kappa shape index (κ1) is 22.2. The third-order valence-electron chi connectivity index (χ3n) is 4.00. The summed E-state index contributed by atoms with van der Waals surface area (Å²) >= 11 is 0. The second-order valence-corrected chi connectivity index (χ2v) is 5.82. The Morgan fingerprint density at radius 1 is 1.24 bits per heavy atom. The topological polar surface area (TPSA) is 66.8 Å². The summed E-state index contributed by atoms with van der Waals surface area (Å²) in [4.78, 5) is 20.3. The lowest BCUT2D eigenvalue weighted by Crippen LogP contribution is -2.42. The number of carbonyl (C=O) groups excluding carboxylic acids is 1. The fraction of sp³-hybridized carbons (Fsp3) is 0.350. The van der Waals surface area contributed by atoms with Gasteiger partial charge in [-0.1, -0.05) is 26.8 Å².